The summed E-state index contributed by atoms with van der Waals surface area (Å²) in [7, 11) is 0. The molecule has 0 heterocycles. The summed E-state index contributed by atoms with van der Waals surface area (Å²) in [5.74, 6) is -0.482. The minimum atomic E-state index is -0.482. The summed E-state index contributed by atoms with van der Waals surface area (Å²) in [5, 5.41) is 5.87. The topological polar surface area (TPSA) is 67.4 Å². The van der Waals surface area contributed by atoms with E-state index >= 15 is 0 Å². The number of rotatable bonds is 4. The number of nitrogens with one attached hydrogen (secondary N) is 2. The van der Waals surface area contributed by atoms with Crippen LogP contribution in [0.25, 0.3) is 0 Å². The third-order valence-electron chi connectivity index (χ3n) is 2.77. The molecule has 2 aromatic carbocycles. The van der Waals surface area contributed by atoms with Gasteiger partial charge in [0.15, 0.2) is 0 Å². The highest BCUT2D eigenvalue weighted by Gasteiger charge is 2.13. The number of anilines is 2. The quantitative estimate of drug-likeness (QED) is 0.832. The van der Waals surface area contributed by atoms with E-state index < -0.39 is 12.0 Å². The summed E-state index contributed by atoms with van der Waals surface area (Å²) in [6.45, 7) is 1.99. The second-order valence-electron chi connectivity index (χ2n) is 4.35. The molecule has 2 amide bonds. The molecule has 0 bridgehead atoms. The largest absolute Gasteiger partial charge is 0.462 e. The van der Waals surface area contributed by atoms with Gasteiger partial charge < -0.3 is 15.4 Å². The second-order valence-corrected chi connectivity index (χ2v) is 4.79. The van der Waals surface area contributed by atoms with E-state index in [1.165, 1.54) is 0 Å². The van der Waals surface area contributed by atoms with Gasteiger partial charge in [-0.05, 0) is 43.3 Å². The summed E-state index contributed by atoms with van der Waals surface area (Å²) in [6, 6.07) is 12.9. The molecular weight excluding hydrogens is 304 g/mol. The van der Waals surface area contributed by atoms with Gasteiger partial charge in [-0.25, -0.2) is 9.59 Å². The Labute approximate surface area is 133 Å². The van der Waals surface area contributed by atoms with E-state index in [1.807, 2.05) is 0 Å². The summed E-state index contributed by atoms with van der Waals surface area (Å²) in [4.78, 5) is 23.8. The third kappa shape index (κ3) is 4.23. The van der Waals surface area contributed by atoms with Gasteiger partial charge in [-0.3, -0.25) is 0 Å². The maximum atomic E-state index is 12.0. The van der Waals surface area contributed by atoms with E-state index in [2.05, 4.69) is 10.6 Å². The van der Waals surface area contributed by atoms with Gasteiger partial charge >= 0.3 is 12.0 Å². The summed E-state index contributed by atoms with van der Waals surface area (Å²) in [5.41, 5.74) is 1.28. The molecule has 5 nitrogen and oxygen atoms in total. The molecular formula is C16H15ClN2O3. The minimum absolute atomic E-state index is 0.268. The van der Waals surface area contributed by atoms with Crippen LogP contribution in [-0.4, -0.2) is 18.6 Å². The van der Waals surface area contributed by atoms with Crippen LogP contribution in [0.2, 0.25) is 5.02 Å². The Kier molecular flexibility index (Phi) is 5.38. The fourth-order valence-corrected chi connectivity index (χ4v) is 1.92. The number of hydrogen-bond acceptors (Lipinski definition) is 3. The van der Waals surface area contributed by atoms with Crippen LogP contribution in [0.4, 0.5) is 16.2 Å². The number of hydrogen-bond donors (Lipinski definition) is 2. The zero-order valence-electron chi connectivity index (χ0n) is 11.9. The Hall–Kier alpha value is -2.53. The number of carbonyl (C=O) groups excluding carboxylic acids is 2. The lowest BCUT2D eigenvalue weighted by molar-refractivity contribution is 0.0527. The molecule has 0 saturated carbocycles. The van der Waals surface area contributed by atoms with Crippen molar-refractivity contribution in [3.8, 4) is 0 Å². The lowest BCUT2D eigenvalue weighted by Crippen LogP contribution is -2.21. The van der Waals surface area contributed by atoms with Crippen molar-refractivity contribution in [3.63, 3.8) is 0 Å². The molecule has 0 aromatic heterocycles. The molecule has 0 unspecified atom stereocenters. The number of ether oxygens (including phenoxy) is 1. The zero-order valence-corrected chi connectivity index (χ0v) is 12.7. The first-order valence-corrected chi connectivity index (χ1v) is 7.07. The summed E-state index contributed by atoms with van der Waals surface area (Å²) < 4.78 is 4.96. The molecule has 0 atom stereocenters. The predicted octanol–water partition coefficient (Wildman–Crippen LogP) is 4.16. The van der Waals surface area contributed by atoms with E-state index in [4.69, 9.17) is 16.3 Å². The first kappa shape index (κ1) is 15.9. The van der Waals surface area contributed by atoms with Gasteiger partial charge in [0.1, 0.15) is 0 Å². The number of esters is 1. The Balaban J connectivity index is 2.08. The van der Waals surface area contributed by atoms with Crippen molar-refractivity contribution in [2.75, 3.05) is 17.2 Å². The van der Waals surface area contributed by atoms with Gasteiger partial charge in [-0.2, -0.15) is 0 Å². The Bertz CT molecular complexity index is 671. The van der Waals surface area contributed by atoms with Gasteiger partial charge in [0, 0.05) is 10.7 Å². The average Bonchev–Trinajstić information content (AvgIpc) is 2.50. The number of carbonyl (C=O) groups is 2. The molecule has 2 N–H and O–H groups in total. The molecule has 2 rings (SSSR count). The Morgan fingerprint density at radius 3 is 2.41 bits per heavy atom. The normalized spacial score (nSPS) is 9.91. The molecule has 0 fully saturated rings. The Morgan fingerprint density at radius 2 is 1.73 bits per heavy atom. The van der Waals surface area contributed by atoms with Crippen molar-refractivity contribution in [2.45, 2.75) is 6.92 Å². The van der Waals surface area contributed by atoms with Gasteiger partial charge in [0.2, 0.25) is 0 Å². The smallest absolute Gasteiger partial charge is 0.340 e. The van der Waals surface area contributed by atoms with E-state index in [9.17, 15) is 9.59 Å². The fourth-order valence-electron chi connectivity index (χ4n) is 1.80. The maximum absolute atomic E-state index is 12.0. The van der Waals surface area contributed by atoms with E-state index in [0.717, 1.165) is 0 Å². The number of para-hydroxylation sites is 1. The SMILES string of the molecule is CCOC(=O)c1ccccc1NC(=O)Nc1ccc(Cl)cc1. The summed E-state index contributed by atoms with van der Waals surface area (Å²) >= 11 is 5.78. The van der Waals surface area contributed by atoms with Crippen LogP contribution in [0, 0.1) is 0 Å². The van der Waals surface area contributed by atoms with Crippen LogP contribution in [0.5, 0.6) is 0 Å². The molecule has 6 heteroatoms. The van der Waals surface area contributed by atoms with Crippen LogP contribution in [0.1, 0.15) is 17.3 Å². The number of urea groups is 1. The number of benzene rings is 2. The lowest BCUT2D eigenvalue weighted by Gasteiger charge is -2.11. The van der Waals surface area contributed by atoms with E-state index in [1.54, 1.807) is 55.5 Å². The van der Waals surface area contributed by atoms with Crippen LogP contribution >= 0.6 is 11.6 Å². The van der Waals surface area contributed by atoms with Crippen LogP contribution in [-0.2, 0) is 4.74 Å². The molecule has 0 aliphatic heterocycles. The van der Waals surface area contributed by atoms with Gasteiger partial charge in [0.25, 0.3) is 0 Å². The van der Waals surface area contributed by atoms with Crippen molar-refractivity contribution in [1.82, 2.24) is 0 Å². The third-order valence-corrected chi connectivity index (χ3v) is 3.02. The average molecular weight is 319 g/mol. The van der Waals surface area contributed by atoms with Crippen LogP contribution in [0.15, 0.2) is 48.5 Å². The standard InChI is InChI=1S/C16H15ClN2O3/c1-2-22-15(20)13-5-3-4-6-14(13)19-16(21)18-12-9-7-11(17)8-10-12/h3-10H,2H2,1H3,(H2,18,19,21). The second kappa shape index (κ2) is 7.47. The van der Waals surface area contributed by atoms with Crippen molar-refractivity contribution >= 4 is 35.0 Å². The molecule has 114 valence electrons. The molecule has 0 aliphatic carbocycles. The van der Waals surface area contributed by atoms with Crippen molar-refractivity contribution in [2.24, 2.45) is 0 Å². The monoisotopic (exact) mass is 318 g/mol. The van der Waals surface area contributed by atoms with Crippen molar-refractivity contribution in [1.29, 1.82) is 0 Å². The van der Waals surface area contributed by atoms with Gasteiger partial charge in [-0.1, -0.05) is 23.7 Å². The maximum Gasteiger partial charge on any atom is 0.340 e. The first-order valence-electron chi connectivity index (χ1n) is 6.70. The molecule has 22 heavy (non-hydrogen) atoms. The molecule has 0 aliphatic rings. The molecule has 0 spiro atoms. The van der Waals surface area contributed by atoms with E-state index in [0.29, 0.717) is 22.0 Å². The predicted molar refractivity (Wildman–Crippen MR) is 86.5 cm³/mol. The highest BCUT2D eigenvalue weighted by Crippen LogP contribution is 2.18. The van der Waals surface area contributed by atoms with Crippen LogP contribution in [0.3, 0.4) is 0 Å². The highest BCUT2D eigenvalue weighted by molar-refractivity contribution is 6.30. The van der Waals surface area contributed by atoms with Crippen molar-refractivity contribution < 1.29 is 14.3 Å². The highest BCUT2D eigenvalue weighted by atomic mass is 35.5. The first-order chi connectivity index (χ1) is 10.6. The number of amides is 2. The molecule has 0 saturated heterocycles. The van der Waals surface area contributed by atoms with Crippen molar-refractivity contribution in [3.05, 3.63) is 59.1 Å². The number of halogens is 1. The molecule has 2 aromatic rings. The fraction of sp³-hybridized carbons (Fsp3) is 0.125. The van der Waals surface area contributed by atoms with Gasteiger partial charge in [-0.15, -0.1) is 0 Å². The zero-order chi connectivity index (χ0) is 15.9. The minimum Gasteiger partial charge on any atom is -0.462 e. The molecule has 0 radical (unpaired) electrons. The van der Waals surface area contributed by atoms with Gasteiger partial charge in [0.05, 0.1) is 17.9 Å². The lowest BCUT2D eigenvalue weighted by atomic mass is 10.2. The van der Waals surface area contributed by atoms with E-state index in [-0.39, 0.29) is 6.61 Å². The summed E-state index contributed by atoms with van der Waals surface area (Å²) in [6.07, 6.45) is 0. The van der Waals surface area contributed by atoms with Crippen LogP contribution < -0.4 is 10.6 Å². The Morgan fingerprint density at radius 1 is 1.05 bits per heavy atom.